The first-order chi connectivity index (χ1) is 14.7. The number of halogens is 1. The van der Waals surface area contributed by atoms with E-state index in [1.807, 2.05) is 54.6 Å². The first-order valence-corrected chi connectivity index (χ1v) is 10.2. The second kappa shape index (κ2) is 9.33. The Balaban J connectivity index is 1.39. The SMILES string of the molecule is O=C(Nc1cccc(Br)c1)c1ccc(-c2cnc(NCc3ccccc3)nc2)cc1. The zero-order valence-corrected chi connectivity index (χ0v) is 17.6. The number of amides is 1. The van der Waals surface area contributed by atoms with Crippen molar-refractivity contribution in [3.63, 3.8) is 0 Å². The average molecular weight is 459 g/mol. The van der Waals surface area contributed by atoms with E-state index in [0.29, 0.717) is 18.1 Å². The molecule has 148 valence electrons. The summed E-state index contributed by atoms with van der Waals surface area (Å²) in [5.74, 6) is 0.420. The Hall–Kier alpha value is -3.51. The Morgan fingerprint density at radius 1 is 0.833 bits per heavy atom. The third-order valence-corrected chi connectivity index (χ3v) is 5.00. The summed E-state index contributed by atoms with van der Waals surface area (Å²) >= 11 is 3.40. The molecule has 0 aliphatic rings. The van der Waals surface area contributed by atoms with Crippen LogP contribution in [-0.4, -0.2) is 15.9 Å². The normalized spacial score (nSPS) is 10.4. The predicted octanol–water partition coefficient (Wildman–Crippen LogP) is 5.77. The van der Waals surface area contributed by atoms with Gasteiger partial charge in [0.25, 0.3) is 5.91 Å². The molecule has 4 aromatic rings. The summed E-state index contributed by atoms with van der Waals surface area (Å²) in [5.41, 5.74) is 4.33. The van der Waals surface area contributed by atoms with E-state index in [9.17, 15) is 4.79 Å². The maximum atomic E-state index is 12.4. The molecule has 4 rings (SSSR count). The molecule has 2 N–H and O–H groups in total. The standard InChI is InChI=1S/C24H19BrN4O/c25-21-7-4-8-22(13-21)29-23(30)19-11-9-18(10-12-19)20-15-27-24(28-16-20)26-14-17-5-2-1-3-6-17/h1-13,15-16H,14H2,(H,29,30)(H,26,27,28). The zero-order chi connectivity index (χ0) is 20.8. The highest BCUT2D eigenvalue weighted by Crippen LogP contribution is 2.20. The Bertz CT molecular complexity index is 1130. The number of anilines is 2. The van der Waals surface area contributed by atoms with E-state index in [-0.39, 0.29) is 5.91 Å². The summed E-state index contributed by atoms with van der Waals surface area (Å²) in [7, 11) is 0. The summed E-state index contributed by atoms with van der Waals surface area (Å²) in [6.45, 7) is 0.669. The van der Waals surface area contributed by atoms with Gasteiger partial charge in [-0.15, -0.1) is 0 Å². The summed E-state index contributed by atoms with van der Waals surface area (Å²) in [6, 6.07) is 25.0. The number of hydrogen-bond acceptors (Lipinski definition) is 4. The molecular formula is C24H19BrN4O. The largest absolute Gasteiger partial charge is 0.350 e. The molecule has 0 saturated carbocycles. The lowest BCUT2D eigenvalue weighted by Gasteiger charge is -2.08. The highest BCUT2D eigenvalue weighted by atomic mass is 79.9. The van der Waals surface area contributed by atoms with Gasteiger partial charge in [-0.2, -0.15) is 0 Å². The second-order valence-corrected chi connectivity index (χ2v) is 7.59. The first-order valence-electron chi connectivity index (χ1n) is 9.44. The van der Waals surface area contributed by atoms with Gasteiger partial charge in [-0.25, -0.2) is 9.97 Å². The fraction of sp³-hybridized carbons (Fsp3) is 0.0417. The molecule has 0 radical (unpaired) electrons. The minimum atomic E-state index is -0.156. The van der Waals surface area contributed by atoms with Crippen molar-refractivity contribution in [2.45, 2.75) is 6.54 Å². The van der Waals surface area contributed by atoms with Gasteiger partial charge in [-0.3, -0.25) is 4.79 Å². The smallest absolute Gasteiger partial charge is 0.255 e. The quantitative estimate of drug-likeness (QED) is 0.384. The molecule has 3 aromatic carbocycles. The van der Waals surface area contributed by atoms with E-state index in [2.05, 4.69) is 48.7 Å². The zero-order valence-electron chi connectivity index (χ0n) is 16.0. The highest BCUT2D eigenvalue weighted by Gasteiger charge is 2.07. The summed E-state index contributed by atoms with van der Waals surface area (Å²) < 4.78 is 0.914. The van der Waals surface area contributed by atoms with Crippen molar-refractivity contribution in [3.8, 4) is 11.1 Å². The van der Waals surface area contributed by atoms with Crippen molar-refractivity contribution in [2.24, 2.45) is 0 Å². The number of aromatic nitrogens is 2. The highest BCUT2D eigenvalue weighted by molar-refractivity contribution is 9.10. The van der Waals surface area contributed by atoms with Gasteiger partial charge >= 0.3 is 0 Å². The Labute approximate surface area is 183 Å². The molecule has 0 spiro atoms. The van der Waals surface area contributed by atoms with Gasteiger partial charge in [0.05, 0.1) is 0 Å². The van der Waals surface area contributed by atoms with E-state index in [0.717, 1.165) is 21.3 Å². The van der Waals surface area contributed by atoms with Crippen molar-refractivity contribution < 1.29 is 4.79 Å². The molecule has 0 aliphatic heterocycles. The summed E-state index contributed by atoms with van der Waals surface area (Å²) in [4.78, 5) is 21.2. The molecule has 5 nitrogen and oxygen atoms in total. The van der Waals surface area contributed by atoms with E-state index in [1.165, 1.54) is 5.56 Å². The van der Waals surface area contributed by atoms with Gasteiger partial charge in [-0.05, 0) is 41.5 Å². The molecule has 6 heteroatoms. The monoisotopic (exact) mass is 458 g/mol. The van der Waals surface area contributed by atoms with Crippen LogP contribution in [0.4, 0.5) is 11.6 Å². The molecule has 1 amide bonds. The van der Waals surface area contributed by atoms with Gasteiger partial charge in [-0.1, -0.05) is 64.5 Å². The van der Waals surface area contributed by atoms with Crippen LogP contribution in [0.1, 0.15) is 15.9 Å². The summed E-state index contributed by atoms with van der Waals surface area (Å²) in [6.07, 6.45) is 3.55. The predicted molar refractivity (Wildman–Crippen MR) is 123 cm³/mol. The minimum absolute atomic E-state index is 0.156. The van der Waals surface area contributed by atoms with Crippen molar-refractivity contribution in [1.29, 1.82) is 0 Å². The lowest BCUT2D eigenvalue weighted by molar-refractivity contribution is 0.102. The Morgan fingerprint density at radius 3 is 2.27 bits per heavy atom. The molecular weight excluding hydrogens is 440 g/mol. The number of rotatable bonds is 6. The molecule has 30 heavy (non-hydrogen) atoms. The Kier molecular flexibility index (Phi) is 6.15. The van der Waals surface area contributed by atoms with Gasteiger partial charge < -0.3 is 10.6 Å². The molecule has 0 unspecified atom stereocenters. The number of nitrogens with zero attached hydrogens (tertiary/aromatic N) is 2. The number of hydrogen-bond donors (Lipinski definition) is 2. The van der Waals surface area contributed by atoms with Crippen LogP contribution in [0, 0.1) is 0 Å². The van der Waals surface area contributed by atoms with Crippen molar-refractivity contribution >= 4 is 33.5 Å². The number of nitrogens with one attached hydrogen (secondary N) is 2. The van der Waals surface area contributed by atoms with Crippen LogP contribution in [0.3, 0.4) is 0 Å². The molecule has 0 bridgehead atoms. The van der Waals surface area contributed by atoms with Crippen LogP contribution in [0.25, 0.3) is 11.1 Å². The van der Waals surface area contributed by atoms with Gasteiger partial charge in [0.15, 0.2) is 0 Å². The van der Waals surface area contributed by atoms with E-state index in [1.54, 1.807) is 24.5 Å². The van der Waals surface area contributed by atoms with Crippen LogP contribution >= 0.6 is 15.9 Å². The van der Waals surface area contributed by atoms with E-state index in [4.69, 9.17) is 0 Å². The molecule has 0 atom stereocenters. The summed E-state index contributed by atoms with van der Waals surface area (Å²) in [5, 5.41) is 6.10. The van der Waals surface area contributed by atoms with Crippen LogP contribution < -0.4 is 10.6 Å². The van der Waals surface area contributed by atoms with Gasteiger partial charge in [0.2, 0.25) is 5.95 Å². The number of benzene rings is 3. The van der Waals surface area contributed by atoms with E-state index < -0.39 is 0 Å². The molecule has 0 aliphatic carbocycles. The minimum Gasteiger partial charge on any atom is -0.350 e. The van der Waals surface area contributed by atoms with Crippen molar-refractivity contribution in [3.05, 3.63) is 107 Å². The molecule has 0 saturated heterocycles. The van der Waals surface area contributed by atoms with E-state index >= 15 is 0 Å². The number of carbonyl (C=O) groups excluding carboxylic acids is 1. The van der Waals surface area contributed by atoms with Gasteiger partial charge in [0.1, 0.15) is 0 Å². The second-order valence-electron chi connectivity index (χ2n) is 6.68. The topological polar surface area (TPSA) is 66.9 Å². The first kappa shape index (κ1) is 19.8. The molecule has 1 aromatic heterocycles. The maximum Gasteiger partial charge on any atom is 0.255 e. The Morgan fingerprint density at radius 2 is 1.57 bits per heavy atom. The lowest BCUT2D eigenvalue weighted by atomic mass is 10.1. The number of carbonyl (C=O) groups is 1. The fourth-order valence-corrected chi connectivity index (χ4v) is 3.33. The third kappa shape index (κ3) is 5.10. The lowest BCUT2D eigenvalue weighted by Crippen LogP contribution is -2.11. The average Bonchev–Trinajstić information content (AvgIpc) is 2.79. The third-order valence-electron chi connectivity index (χ3n) is 4.51. The molecule has 1 heterocycles. The maximum absolute atomic E-state index is 12.4. The fourth-order valence-electron chi connectivity index (χ4n) is 2.93. The van der Waals surface area contributed by atoms with Crippen LogP contribution in [0.5, 0.6) is 0 Å². The van der Waals surface area contributed by atoms with Crippen LogP contribution in [-0.2, 0) is 6.54 Å². The van der Waals surface area contributed by atoms with Crippen molar-refractivity contribution in [2.75, 3.05) is 10.6 Å². The molecule has 0 fully saturated rings. The van der Waals surface area contributed by atoms with Crippen LogP contribution in [0.15, 0.2) is 95.7 Å². The van der Waals surface area contributed by atoms with Gasteiger partial charge in [0, 0.05) is 40.2 Å². The van der Waals surface area contributed by atoms with Crippen LogP contribution in [0.2, 0.25) is 0 Å². The van der Waals surface area contributed by atoms with Crippen molar-refractivity contribution in [1.82, 2.24) is 9.97 Å².